The molecule has 1 aliphatic heterocycles. The zero-order valence-electron chi connectivity index (χ0n) is 13.5. The van der Waals surface area contributed by atoms with Crippen LogP contribution in [0.15, 0.2) is 29.3 Å². The monoisotopic (exact) mass is 288 g/mol. The number of guanidine groups is 1. The Morgan fingerprint density at radius 1 is 1.48 bits per heavy atom. The van der Waals surface area contributed by atoms with E-state index in [0.29, 0.717) is 11.9 Å². The third-order valence-corrected chi connectivity index (χ3v) is 3.80. The van der Waals surface area contributed by atoms with Crippen LogP contribution in [0.2, 0.25) is 0 Å². The highest BCUT2D eigenvalue weighted by Gasteiger charge is 2.22. The van der Waals surface area contributed by atoms with Crippen molar-refractivity contribution in [3.8, 4) is 0 Å². The molecule has 0 spiro atoms. The maximum Gasteiger partial charge on any atom is 0.193 e. The molecule has 0 aromatic heterocycles. The van der Waals surface area contributed by atoms with Gasteiger partial charge < -0.3 is 16.0 Å². The fraction of sp³-hybridized carbons (Fsp3) is 0.588. The van der Waals surface area contributed by atoms with Gasteiger partial charge in [-0.25, -0.2) is 0 Å². The van der Waals surface area contributed by atoms with Gasteiger partial charge in [0.05, 0.1) is 0 Å². The number of hydrogen-bond donors (Lipinski definition) is 2. The van der Waals surface area contributed by atoms with Crippen LogP contribution in [0.1, 0.15) is 25.8 Å². The van der Waals surface area contributed by atoms with Gasteiger partial charge in [0, 0.05) is 25.3 Å². The van der Waals surface area contributed by atoms with Crippen LogP contribution in [-0.4, -0.2) is 37.0 Å². The van der Waals surface area contributed by atoms with Gasteiger partial charge in [0.2, 0.25) is 0 Å². The van der Waals surface area contributed by atoms with Crippen molar-refractivity contribution in [2.45, 2.75) is 27.2 Å². The normalized spacial score (nSPS) is 20.2. The Bertz CT molecular complexity index is 481. The molecule has 1 saturated heterocycles. The molecular formula is C17H28N4. The summed E-state index contributed by atoms with van der Waals surface area (Å²) in [5.74, 6) is 1.89. The van der Waals surface area contributed by atoms with Gasteiger partial charge in [-0.1, -0.05) is 26.0 Å². The molecule has 21 heavy (non-hydrogen) atoms. The molecule has 0 bridgehead atoms. The van der Waals surface area contributed by atoms with Crippen LogP contribution in [0.4, 0.5) is 5.69 Å². The predicted molar refractivity (Wildman–Crippen MR) is 90.7 cm³/mol. The molecule has 4 heteroatoms. The van der Waals surface area contributed by atoms with E-state index in [2.05, 4.69) is 48.1 Å². The zero-order valence-corrected chi connectivity index (χ0v) is 13.5. The minimum Gasteiger partial charge on any atom is -0.370 e. The first-order valence-electron chi connectivity index (χ1n) is 7.89. The molecule has 1 aromatic carbocycles. The van der Waals surface area contributed by atoms with E-state index >= 15 is 0 Å². The number of aryl methyl sites for hydroxylation is 1. The lowest BCUT2D eigenvalue weighted by Crippen LogP contribution is -2.26. The largest absolute Gasteiger partial charge is 0.370 e. The summed E-state index contributed by atoms with van der Waals surface area (Å²) >= 11 is 0. The van der Waals surface area contributed by atoms with E-state index in [0.717, 1.165) is 24.7 Å². The van der Waals surface area contributed by atoms with Crippen molar-refractivity contribution < 1.29 is 0 Å². The Labute approximate surface area is 128 Å². The van der Waals surface area contributed by atoms with Gasteiger partial charge in [0.25, 0.3) is 0 Å². The summed E-state index contributed by atoms with van der Waals surface area (Å²) in [6.45, 7) is 11.0. The molecule has 1 atom stereocenters. The summed E-state index contributed by atoms with van der Waals surface area (Å²) in [6, 6.07) is 8.17. The Hall–Kier alpha value is -1.55. The Kier molecular flexibility index (Phi) is 5.62. The lowest BCUT2D eigenvalue weighted by Gasteiger charge is -2.17. The number of rotatable bonds is 5. The summed E-state index contributed by atoms with van der Waals surface area (Å²) in [5, 5.41) is 3.16. The number of hydrogen-bond acceptors (Lipinski definition) is 2. The number of nitrogens with two attached hydrogens (primary N) is 1. The maximum atomic E-state index is 5.97. The van der Waals surface area contributed by atoms with Crippen LogP contribution < -0.4 is 11.1 Å². The number of likely N-dealkylation sites (tertiary alicyclic amines) is 1. The standard InChI is InChI=1S/C17H28N4/c1-13(2)11-21-8-7-15(12-21)10-19-17(18)20-16-6-4-5-14(3)9-16/h4-6,9,13,15H,7-8,10-12H2,1-3H3,(H3,18,19,20). The average molecular weight is 288 g/mol. The summed E-state index contributed by atoms with van der Waals surface area (Å²) in [6.07, 6.45) is 1.23. The van der Waals surface area contributed by atoms with E-state index in [4.69, 9.17) is 5.73 Å². The second-order valence-corrected chi connectivity index (χ2v) is 6.53. The van der Waals surface area contributed by atoms with Crippen LogP contribution >= 0.6 is 0 Å². The minimum atomic E-state index is 0.517. The predicted octanol–water partition coefficient (Wildman–Crippen LogP) is 2.70. The molecule has 1 heterocycles. The quantitative estimate of drug-likeness (QED) is 0.647. The Morgan fingerprint density at radius 3 is 3.00 bits per heavy atom. The van der Waals surface area contributed by atoms with E-state index in [9.17, 15) is 0 Å². The van der Waals surface area contributed by atoms with Gasteiger partial charge in [-0.15, -0.1) is 0 Å². The molecule has 1 unspecified atom stereocenters. The first-order chi connectivity index (χ1) is 10.0. The second-order valence-electron chi connectivity index (χ2n) is 6.53. The van der Waals surface area contributed by atoms with Crippen molar-refractivity contribution in [2.75, 3.05) is 31.5 Å². The minimum absolute atomic E-state index is 0.517. The summed E-state index contributed by atoms with van der Waals surface area (Å²) in [7, 11) is 0. The van der Waals surface area contributed by atoms with Gasteiger partial charge >= 0.3 is 0 Å². The third-order valence-electron chi connectivity index (χ3n) is 3.80. The molecule has 1 aliphatic rings. The van der Waals surface area contributed by atoms with Crippen LogP contribution in [-0.2, 0) is 0 Å². The van der Waals surface area contributed by atoms with Crippen molar-refractivity contribution >= 4 is 11.6 Å². The number of benzene rings is 1. The van der Waals surface area contributed by atoms with E-state index < -0.39 is 0 Å². The van der Waals surface area contributed by atoms with Crippen molar-refractivity contribution in [3.63, 3.8) is 0 Å². The Balaban J connectivity index is 1.79. The summed E-state index contributed by atoms with van der Waals surface area (Å²) in [4.78, 5) is 7.04. The SMILES string of the molecule is Cc1cccc(NC(N)=NCC2CCN(CC(C)C)C2)c1. The smallest absolute Gasteiger partial charge is 0.193 e. The van der Waals surface area contributed by atoms with E-state index in [1.54, 1.807) is 0 Å². The molecule has 0 aliphatic carbocycles. The van der Waals surface area contributed by atoms with Crippen LogP contribution in [0, 0.1) is 18.8 Å². The highest BCUT2D eigenvalue weighted by atomic mass is 15.2. The van der Waals surface area contributed by atoms with Gasteiger partial charge in [-0.3, -0.25) is 4.99 Å². The number of nitrogens with zero attached hydrogens (tertiary/aromatic N) is 2. The molecule has 4 nitrogen and oxygen atoms in total. The fourth-order valence-electron chi connectivity index (χ4n) is 2.88. The zero-order chi connectivity index (χ0) is 15.2. The molecule has 0 amide bonds. The molecule has 0 saturated carbocycles. The van der Waals surface area contributed by atoms with Crippen molar-refractivity contribution in [1.82, 2.24) is 4.90 Å². The lowest BCUT2D eigenvalue weighted by molar-refractivity contribution is 0.288. The molecule has 3 N–H and O–H groups in total. The maximum absolute atomic E-state index is 5.97. The van der Waals surface area contributed by atoms with Crippen molar-refractivity contribution in [2.24, 2.45) is 22.6 Å². The Morgan fingerprint density at radius 2 is 2.29 bits per heavy atom. The third kappa shape index (κ3) is 5.38. The van der Waals surface area contributed by atoms with Gasteiger partial charge in [0.1, 0.15) is 0 Å². The molecule has 0 radical (unpaired) electrons. The molecule has 1 fully saturated rings. The highest BCUT2D eigenvalue weighted by molar-refractivity contribution is 5.92. The number of anilines is 1. The van der Waals surface area contributed by atoms with Crippen LogP contribution in [0.5, 0.6) is 0 Å². The summed E-state index contributed by atoms with van der Waals surface area (Å²) < 4.78 is 0. The molecule has 2 rings (SSSR count). The van der Waals surface area contributed by atoms with Crippen molar-refractivity contribution in [1.29, 1.82) is 0 Å². The van der Waals surface area contributed by atoms with Gasteiger partial charge in [-0.2, -0.15) is 0 Å². The number of nitrogens with one attached hydrogen (secondary N) is 1. The highest BCUT2D eigenvalue weighted by Crippen LogP contribution is 2.17. The molecular weight excluding hydrogens is 260 g/mol. The van der Waals surface area contributed by atoms with Crippen molar-refractivity contribution in [3.05, 3.63) is 29.8 Å². The van der Waals surface area contributed by atoms with Gasteiger partial charge in [-0.05, 0) is 49.4 Å². The van der Waals surface area contributed by atoms with Crippen LogP contribution in [0.3, 0.4) is 0 Å². The first kappa shape index (κ1) is 15.8. The van der Waals surface area contributed by atoms with E-state index in [1.807, 2.05) is 12.1 Å². The average Bonchev–Trinajstić information content (AvgIpc) is 2.83. The fourth-order valence-corrected chi connectivity index (χ4v) is 2.88. The van der Waals surface area contributed by atoms with Crippen LogP contribution in [0.25, 0.3) is 0 Å². The molecule has 1 aromatic rings. The van der Waals surface area contributed by atoms with E-state index in [1.165, 1.54) is 25.1 Å². The summed E-state index contributed by atoms with van der Waals surface area (Å²) in [5.41, 5.74) is 8.19. The van der Waals surface area contributed by atoms with Gasteiger partial charge in [0.15, 0.2) is 5.96 Å². The second kappa shape index (κ2) is 7.46. The molecule has 116 valence electrons. The number of aliphatic imine (C=N–C) groups is 1. The first-order valence-corrected chi connectivity index (χ1v) is 7.89. The van der Waals surface area contributed by atoms with E-state index in [-0.39, 0.29) is 0 Å². The topological polar surface area (TPSA) is 53.6 Å². The lowest BCUT2D eigenvalue weighted by atomic mass is 10.1.